The number of nitrogens with two attached hydrogens (primary N) is 1. The van der Waals surface area contributed by atoms with E-state index in [0.717, 1.165) is 18.4 Å². The van der Waals surface area contributed by atoms with E-state index >= 15 is 0 Å². The van der Waals surface area contributed by atoms with Crippen molar-refractivity contribution in [1.82, 2.24) is 24.9 Å². The second kappa shape index (κ2) is 11.3. The topological polar surface area (TPSA) is 154 Å². The number of carbonyl (C=O) groups excluding carboxylic acids is 2. The van der Waals surface area contributed by atoms with E-state index < -0.39 is 11.5 Å². The number of aromatic nitrogens is 4. The van der Waals surface area contributed by atoms with Crippen LogP contribution in [0.4, 0.5) is 0 Å². The van der Waals surface area contributed by atoms with E-state index in [2.05, 4.69) is 20.4 Å². The summed E-state index contributed by atoms with van der Waals surface area (Å²) in [5, 5.41) is 17.3. The van der Waals surface area contributed by atoms with Crippen LogP contribution in [0.15, 0.2) is 61.2 Å². The summed E-state index contributed by atoms with van der Waals surface area (Å²) in [5.41, 5.74) is 6.79. The van der Waals surface area contributed by atoms with E-state index in [1.54, 1.807) is 73.4 Å². The minimum absolute atomic E-state index is 0.0173. The lowest BCUT2D eigenvalue weighted by atomic mass is 9.92. The van der Waals surface area contributed by atoms with E-state index in [1.807, 2.05) is 0 Å². The molecule has 3 heterocycles. The van der Waals surface area contributed by atoms with Crippen molar-refractivity contribution >= 4 is 17.3 Å². The zero-order valence-corrected chi connectivity index (χ0v) is 22.4. The highest BCUT2D eigenvalue weighted by Crippen LogP contribution is 2.30. The van der Waals surface area contributed by atoms with E-state index in [1.165, 1.54) is 6.20 Å². The van der Waals surface area contributed by atoms with Crippen molar-refractivity contribution in [2.45, 2.75) is 57.3 Å². The number of primary amides is 1. The molecule has 0 spiro atoms. The lowest BCUT2D eigenvalue weighted by Gasteiger charge is -2.30. The van der Waals surface area contributed by atoms with Crippen LogP contribution < -0.4 is 20.5 Å². The van der Waals surface area contributed by atoms with Crippen molar-refractivity contribution in [3.63, 3.8) is 0 Å². The lowest BCUT2D eigenvalue weighted by molar-refractivity contribution is 0.0283. The molecule has 5 rings (SSSR count). The summed E-state index contributed by atoms with van der Waals surface area (Å²) in [7, 11) is 0. The Hall–Kier alpha value is -4.51. The van der Waals surface area contributed by atoms with Crippen LogP contribution in [0.3, 0.4) is 0 Å². The lowest BCUT2D eigenvalue weighted by Crippen LogP contribution is -2.39. The molecule has 11 nitrogen and oxygen atoms in total. The van der Waals surface area contributed by atoms with Gasteiger partial charge in [-0.05, 0) is 69.9 Å². The summed E-state index contributed by atoms with van der Waals surface area (Å²) < 4.78 is 13.4. The highest BCUT2D eigenvalue weighted by Gasteiger charge is 2.26. The monoisotopic (exact) mass is 544 g/mol. The zero-order chi connectivity index (χ0) is 28.3. The number of fused-ring (bicyclic) bond motifs is 1. The maximum Gasteiger partial charge on any atom is 0.255 e. The molecular weight excluding hydrogens is 512 g/mol. The maximum atomic E-state index is 13.1. The first-order valence-electron chi connectivity index (χ1n) is 13.2. The molecule has 1 aliphatic rings. The highest BCUT2D eigenvalue weighted by molar-refractivity contribution is 6.00. The van der Waals surface area contributed by atoms with Crippen molar-refractivity contribution in [1.29, 1.82) is 0 Å². The van der Waals surface area contributed by atoms with Gasteiger partial charge < -0.3 is 25.6 Å². The summed E-state index contributed by atoms with van der Waals surface area (Å²) >= 11 is 0. The average Bonchev–Trinajstić information content (AvgIpc) is 3.36. The highest BCUT2D eigenvalue weighted by atomic mass is 16.5. The van der Waals surface area contributed by atoms with Gasteiger partial charge >= 0.3 is 0 Å². The molecule has 3 aromatic heterocycles. The Labute approximate surface area is 231 Å². The molecule has 0 atom stereocenters. The average molecular weight is 545 g/mol. The third-order valence-corrected chi connectivity index (χ3v) is 6.70. The molecule has 0 bridgehead atoms. The summed E-state index contributed by atoms with van der Waals surface area (Å²) in [6, 6.07) is 10.4. The van der Waals surface area contributed by atoms with Gasteiger partial charge in [-0.1, -0.05) is 6.07 Å². The van der Waals surface area contributed by atoms with Crippen molar-refractivity contribution < 1.29 is 24.2 Å². The number of hydrogen-bond donors (Lipinski definition) is 3. The molecule has 0 radical (unpaired) electrons. The molecule has 0 aliphatic heterocycles. The summed E-state index contributed by atoms with van der Waals surface area (Å²) in [5.74, 6) is 0.712. The maximum absolute atomic E-state index is 13.1. The summed E-state index contributed by atoms with van der Waals surface area (Å²) in [6.07, 6.45) is 9.23. The molecule has 1 fully saturated rings. The first-order valence-corrected chi connectivity index (χ1v) is 13.2. The molecule has 2 amide bonds. The van der Waals surface area contributed by atoms with Crippen LogP contribution in [-0.4, -0.2) is 60.9 Å². The first kappa shape index (κ1) is 27.1. The fraction of sp³-hybridized carbons (Fsp3) is 0.345. The number of carbonyl (C=O) groups is 2. The predicted octanol–water partition coefficient (Wildman–Crippen LogP) is 3.16. The van der Waals surface area contributed by atoms with Crippen LogP contribution in [0.2, 0.25) is 0 Å². The van der Waals surface area contributed by atoms with E-state index in [0.29, 0.717) is 46.8 Å². The van der Waals surface area contributed by atoms with Crippen LogP contribution >= 0.6 is 0 Å². The number of benzene rings is 1. The summed E-state index contributed by atoms with van der Waals surface area (Å²) in [4.78, 5) is 33.6. The molecule has 40 heavy (non-hydrogen) atoms. The number of hydrogen-bond acceptors (Lipinski definition) is 8. The second-order valence-electron chi connectivity index (χ2n) is 10.6. The Morgan fingerprint density at radius 2 is 1.85 bits per heavy atom. The van der Waals surface area contributed by atoms with E-state index in [-0.39, 0.29) is 24.7 Å². The van der Waals surface area contributed by atoms with E-state index in [4.69, 9.17) is 15.2 Å². The van der Waals surface area contributed by atoms with Gasteiger partial charge in [0.15, 0.2) is 5.82 Å². The number of nitrogens with zero attached hydrogens (tertiary/aromatic N) is 4. The second-order valence-corrected chi connectivity index (χ2v) is 10.6. The largest absolute Gasteiger partial charge is 0.490 e. The van der Waals surface area contributed by atoms with Crippen LogP contribution in [-0.2, 0) is 0 Å². The molecule has 1 saturated carbocycles. The molecule has 208 valence electrons. The third kappa shape index (κ3) is 6.37. The Balaban J connectivity index is 1.19. The van der Waals surface area contributed by atoms with Gasteiger partial charge in [0.1, 0.15) is 18.1 Å². The number of amides is 2. The van der Waals surface area contributed by atoms with Crippen LogP contribution in [0.5, 0.6) is 11.5 Å². The third-order valence-electron chi connectivity index (χ3n) is 6.70. The number of aliphatic hydroxyl groups is 1. The van der Waals surface area contributed by atoms with Crippen LogP contribution in [0.1, 0.15) is 60.2 Å². The van der Waals surface area contributed by atoms with Gasteiger partial charge in [-0.2, -0.15) is 5.10 Å². The fourth-order valence-corrected chi connectivity index (χ4v) is 4.66. The fourth-order valence-electron chi connectivity index (χ4n) is 4.66. The number of rotatable bonds is 9. The van der Waals surface area contributed by atoms with Crippen molar-refractivity contribution in [2.24, 2.45) is 5.73 Å². The summed E-state index contributed by atoms with van der Waals surface area (Å²) in [6.45, 7) is 3.47. The number of ether oxygens (including phenoxy) is 2. The smallest absolute Gasteiger partial charge is 0.255 e. The molecule has 0 saturated heterocycles. The molecule has 0 unspecified atom stereocenters. The van der Waals surface area contributed by atoms with Gasteiger partial charge in [-0.3, -0.25) is 9.59 Å². The first-order chi connectivity index (χ1) is 19.2. The SMILES string of the molecule is CC(C)(O)COc1ccc2c(C(=O)NC3CCC(Oc4cc(-c5ncccn5)ccc4C(N)=O)CC3)cnn2c1. The minimum atomic E-state index is -0.959. The Bertz CT molecular complexity index is 1510. The molecule has 1 aliphatic carbocycles. The minimum Gasteiger partial charge on any atom is -0.490 e. The number of nitrogens with one attached hydrogen (secondary N) is 1. The molecular formula is C29H32N6O5. The van der Waals surface area contributed by atoms with Crippen molar-refractivity contribution in [2.75, 3.05) is 6.61 Å². The molecule has 4 N–H and O–H groups in total. The van der Waals surface area contributed by atoms with E-state index in [9.17, 15) is 14.7 Å². The Morgan fingerprint density at radius 3 is 2.55 bits per heavy atom. The van der Waals surface area contributed by atoms with Crippen molar-refractivity contribution in [3.05, 3.63) is 72.3 Å². The van der Waals surface area contributed by atoms with Crippen LogP contribution in [0.25, 0.3) is 16.9 Å². The predicted molar refractivity (Wildman–Crippen MR) is 147 cm³/mol. The Kier molecular flexibility index (Phi) is 7.65. The van der Waals surface area contributed by atoms with Gasteiger partial charge in [0.05, 0.1) is 40.7 Å². The van der Waals surface area contributed by atoms with Crippen molar-refractivity contribution in [3.8, 4) is 22.9 Å². The van der Waals surface area contributed by atoms with Gasteiger partial charge in [0.2, 0.25) is 0 Å². The normalized spacial score (nSPS) is 17.4. The van der Waals surface area contributed by atoms with Crippen LogP contribution in [0, 0.1) is 0 Å². The van der Waals surface area contributed by atoms with Gasteiger partial charge in [-0.15, -0.1) is 0 Å². The Morgan fingerprint density at radius 1 is 1.10 bits per heavy atom. The van der Waals surface area contributed by atoms with Gasteiger partial charge in [0.25, 0.3) is 11.8 Å². The molecule has 4 aromatic rings. The zero-order valence-electron chi connectivity index (χ0n) is 22.4. The molecule has 11 heteroatoms. The quantitative estimate of drug-likeness (QED) is 0.290. The molecule has 1 aromatic carbocycles. The standard InChI is InChI=1S/C29H32N6O5/c1-29(2,38)17-39-21-9-11-24-23(15-33-35(24)16-21)28(37)34-19-5-7-20(8-6-19)40-25-14-18(4-10-22(25)26(30)36)27-31-12-3-13-32-27/h3-4,9-16,19-20,38H,5-8,17H2,1-2H3,(H2,30,36)(H,34,37). The number of pyridine rings is 1. The van der Waals surface area contributed by atoms with Gasteiger partial charge in [0, 0.05) is 24.0 Å². The van der Waals surface area contributed by atoms with Gasteiger partial charge in [-0.25, -0.2) is 14.5 Å².